The molecule has 0 bridgehead atoms. The van der Waals surface area contributed by atoms with E-state index in [1.165, 1.54) is 23.5 Å². The molecular formula is C21H16Cl2N2O5S. The summed E-state index contributed by atoms with van der Waals surface area (Å²) in [6, 6.07) is 10.5. The minimum absolute atomic E-state index is 0.0428. The monoisotopic (exact) mass is 478 g/mol. The summed E-state index contributed by atoms with van der Waals surface area (Å²) in [5.41, 5.74) is 1.41. The Morgan fingerprint density at radius 3 is 2.42 bits per heavy atom. The van der Waals surface area contributed by atoms with Gasteiger partial charge in [0.05, 0.1) is 22.1 Å². The van der Waals surface area contributed by atoms with Crippen LogP contribution >= 0.6 is 34.5 Å². The van der Waals surface area contributed by atoms with Gasteiger partial charge in [-0.15, -0.1) is 11.3 Å². The summed E-state index contributed by atoms with van der Waals surface area (Å²) in [6.45, 7) is 3.68. The number of nitro benzene ring substituents is 1. The van der Waals surface area contributed by atoms with Crippen molar-refractivity contribution in [2.45, 2.75) is 13.8 Å². The van der Waals surface area contributed by atoms with Gasteiger partial charge in [-0.05, 0) is 37.6 Å². The van der Waals surface area contributed by atoms with Gasteiger partial charge in [0, 0.05) is 27.6 Å². The van der Waals surface area contributed by atoms with Crippen LogP contribution in [0.1, 0.15) is 32.5 Å². The molecule has 0 unspecified atom stereocenters. The highest BCUT2D eigenvalue weighted by Crippen LogP contribution is 2.41. The minimum atomic E-state index is -0.604. The van der Waals surface area contributed by atoms with Gasteiger partial charge in [-0.25, -0.2) is 4.79 Å². The first-order valence-corrected chi connectivity index (χ1v) is 10.6. The lowest BCUT2D eigenvalue weighted by atomic mass is 10.0. The van der Waals surface area contributed by atoms with Crippen molar-refractivity contribution in [1.82, 2.24) is 0 Å². The number of aryl methyl sites for hydroxylation is 1. The molecule has 1 N–H and O–H groups in total. The molecule has 0 fully saturated rings. The van der Waals surface area contributed by atoms with E-state index >= 15 is 0 Å². The summed E-state index contributed by atoms with van der Waals surface area (Å²) in [6.07, 6.45) is 0. The van der Waals surface area contributed by atoms with Gasteiger partial charge in [0.2, 0.25) is 0 Å². The Hall–Kier alpha value is -2.94. The molecule has 1 aromatic heterocycles. The van der Waals surface area contributed by atoms with Crippen molar-refractivity contribution in [3.63, 3.8) is 0 Å². The van der Waals surface area contributed by atoms with E-state index in [1.807, 2.05) is 6.92 Å². The van der Waals surface area contributed by atoms with Gasteiger partial charge in [-0.1, -0.05) is 35.3 Å². The van der Waals surface area contributed by atoms with E-state index < -0.39 is 16.8 Å². The van der Waals surface area contributed by atoms with Gasteiger partial charge < -0.3 is 10.1 Å². The fourth-order valence-corrected chi connectivity index (χ4v) is 4.41. The third-order valence-electron chi connectivity index (χ3n) is 4.33. The zero-order chi connectivity index (χ0) is 22.7. The highest BCUT2D eigenvalue weighted by atomic mass is 35.5. The third kappa shape index (κ3) is 4.87. The van der Waals surface area contributed by atoms with Gasteiger partial charge in [-0.2, -0.15) is 0 Å². The molecule has 160 valence electrons. The number of hydrogen-bond acceptors (Lipinski definition) is 6. The van der Waals surface area contributed by atoms with Crippen molar-refractivity contribution >= 4 is 57.1 Å². The number of nitro groups is 1. The van der Waals surface area contributed by atoms with Crippen LogP contribution in [0.25, 0.3) is 11.1 Å². The Morgan fingerprint density at radius 1 is 1.16 bits per heavy atom. The Morgan fingerprint density at radius 2 is 1.84 bits per heavy atom. The smallest absolute Gasteiger partial charge is 0.341 e. The molecule has 0 saturated heterocycles. The fourth-order valence-electron chi connectivity index (χ4n) is 2.97. The molecule has 0 aliphatic rings. The number of non-ortho nitro benzene ring substituents is 1. The molecule has 3 aromatic rings. The van der Waals surface area contributed by atoms with Gasteiger partial charge in [0.1, 0.15) is 10.6 Å². The number of nitrogens with zero attached hydrogens (tertiary/aromatic N) is 1. The molecule has 10 heteroatoms. The van der Waals surface area contributed by atoms with Crippen molar-refractivity contribution in [3.05, 3.63) is 78.6 Å². The largest absolute Gasteiger partial charge is 0.462 e. The molecule has 0 atom stereocenters. The Kier molecular flexibility index (Phi) is 6.94. The first kappa shape index (κ1) is 22.7. The molecular weight excluding hydrogens is 463 g/mol. The molecule has 0 spiro atoms. The number of ether oxygens (including phenoxy) is 1. The highest BCUT2D eigenvalue weighted by molar-refractivity contribution is 7.17. The first-order valence-electron chi connectivity index (χ1n) is 9.04. The molecule has 2 aromatic carbocycles. The van der Waals surface area contributed by atoms with Crippen LogP contribution in [-0.2, 0) is 4.74 Å². The van der Waals surface area contributed by atoms with E-state index in [0.29, 0.717) is 15.6 Å². The first-order chi connectivity index (χ1) is 14.7. The summed E-state index contributed by atoms with van der Waals surface area (Å²) in [5.74, 6) is -1.18. The lowest BCUT2D eigenvalue weighted by Gasteiger charge is -2.10. The maximum atomic E-state index is 12.8. The second-order valence-electron chi connectivity index (χ2n) is 6.34. The van der Waals surface area contributed by atoms with E-state index in [1.54, 1.807) is 31.2 Å². The van der Waals surface area contributed by atoms with Crippen LogP contribution in [0.3, 0.4) is 0 Å². The fraction of sp³-hybridized carbons (Fsp3) is 0.143. The van der Waals surface area contributed by atoms with Gasteiger partial charge >= 0.3 is 5.97 Å². The molecule has 7 nitrogen and oxygen atoms in total. The van der Waals surface area contributed by atoms with E-state index in [9.17, 15) is 19.7 Å². The van der Waals surface area contributed by atoms with E-state index in [0.717, 1.165) is 16.5 Å². The molecule has 1 amide bonds. The highest BCUT2D eigenvalue weighted by Gasteiger charge is 2.26. The zero-order valence-electron chi connectivity index (χ0n) is 16.4. The van der Waals surface area contributed by atoms with E-state index in [4.69, 9.17) is 27.9 Å². The number of halogens is 2. The number of benzene rings is 2. The number of esters is 1. The van der Waals surface area contributed by atoms with Crippen molar-refractivity contribution < 1.29 is 19.2 Å². The Bertz CT molecular complexity index is 1180. The van der Waals surface area contributed by atoms with Crippen LogP contribution in [0.4, 0.5) is 10.7 Å². The zero-order valence-corrected chi connectivity index (χ0v) is 18.7. The molecule has 0 aliphatic heterocycles. The number of rotatable bonds is 6. The second kappa shape index (κ2) is 9.47. The van der Waals surface area contributed by atoms with Crippen molar-refractivity contribution in [2.75, 3.05) is 11.9 Å². The SMILES string of the molecule is CCOC(=O)c1c(NC(=O)c2ccc([N+](=O)[O-])cc2Cl)sc(C)c1-c1ccc(Cl)cc1. The summed E-state index contributed by atoms with van der Waals surface area (Å²) in [7, 11) is 0. The third-order valence-corrected chi connectivity index (χ3v) is 5.92. The predicted molar refractivity (Wildman–Crippen MR) is 122 cm³/mol. The summed E-state index contributed by atoms with van der Waals surface area (Å²) in [5, 5.41) is 14.4. The maximum Gasteiger partial charge on any atom is 0.341 e. The van der Waals surface area contributed by atoms with Crippen LogP contribution in [0.5, 0.6) is 0 Å². The molecule has 0 radical (unpaired) electrons. The number of hydrogen-bond donors (Lipinski definition) is 1. The minimum Gasteiger partial charge on any atom is -0.462 e. The number of anilines is 1. The lowest BCUT2D eigenvalue weighted by molar-refractivity contribution is -0.384. The van der Waals surface area contributed by atoms with Crippen LogP contribution in [0.2, 0.25) is 10.0 Å². The van der Waals surface area contributed by atoms with Gasteiger partial charge in [0.15, 0.2) is 0 Å². The summed E-state index contributed by atoms with van der Waals surface area (Å²) < 4.78 is 5.21. The molecule has 1 heterocycles. The van der Waals surface area contributed by atoms with Gasteiger partial charge in [0.25, 0.3) is 11.6 Å². The van der Waals surface area contributed by atoms with Crippen LogP contribution in [0.15, 0.2) is 42.5 Å². The van der Waals surface area contributed by atoms with Crippen molar-refractivity contribution in [1.29, 1.82) is 0 Å². The maximum absolute atomic E-state index is 12.8. The number of nitrogens with one attached hydrogen (secondary N) is 1. The standard InChI is InChI=1S/C21H16Cl2N2O5S/c1-3-30-21(27)18-17(12-4-6-13(22)7-5-12)11(2)31-20(18)24-19(26)15-9-8-14(25(28)29)10-16(15)23/h4-10H,3H2,1-2H3,(H,24,26). The van der Waals surface area contributed by atoms with Gasteiger partial charge in [-0.3, -0.25) is 14.9 Å². The van der Waals surface area contributed by atoms with Crippen LogP contribution < -0.4 is 5.32 Å². The average Bonchev–Trinajstić information content (AvgIpc) is 3.04. The number of thiophene rings is 1. The van der Waals surface area contributed by atoms with Crippen molar-refractivity contribution in [2.24, 2.45) is 0 Å². The normalized spacial score (nSPS) is 10.6. The van der Waals surface area contributed by atoms with E-state index in [2.05, 4.69) is 5.32 Å². The average molecular weight is 479 g/mol. The summed E-state index contributed by atoms with van der Waals surface area (Å²) >= 11 is 13.3. The van der Waals surface area contributed by atoms with Crippen LogP contribution in [-0.4, -0.2) is 23.4 Å². The number of carbonyl (C=O) groups excluding carboxylic acids is 2. The van der Waals surface area contributed by atoms with Crippen molar-refractivity contribution in [3.8, 4) is 11.1 Å². The van der Waals surface area contributed by atoms with Crippen LogP contribution in [0, 0.1) is 17.0 Å². The van der Waals surface area contributed by atoms with E-state index in [-0.39, 0.29) is 28.4 Å². The predicted octanol–water partition coefficient (Wildman–Crippen LogP) is 6.37. The molecule has 31 heavy (non-hydrogen) atoms. The molecule has 0 saturated carbocycles. The summed E-state index contributed by atoms with van der Waals surface area (Å²) in [4.78, 5) is 36.6. The second-order valence-corrected chi connectivity index (χ2v) is 8.41. The quantitative estimate of drug-likeness (QED) is 0.252. The topological polar surface area (TPSA) is 98.5 Å². The number of carbonyl (C=O) groups is 2. The lowest BCUT2D eigenvalue weighted by Crippen LogP contribution is -2.15. The Balaban J connectivity index is 2.04. The number of amides is 1. The molecule has 0 aliphatic carbocycles. The Labute approximate surface area is 191 Å². The molecule has 3 rings (SSSR count).